The molecular formula is C11H15N. The minimum atomic E-state index is 1.14. The first-order valence-corrected chi connectivity index (χ1v) is 4.64. The smallest absolute Gasteiger partial charge is 0.0255 e. The van der Waals surface area contributed by atoms with E-state index >= 15 is 0 Å². The lowest BCUT2D eigenvalue weighted by molar-refractivity contribution is 0.665. The molecule has 0 fully saturated rings. The van der Waals surface area contributed by atoms with Crippen molar-refractivity contribution in [2.75, 3.05) is 0 Å². The largest absolute Gasteiger partial charge is 0.325 e. The van der Waals surface area contributed by atoms with Crippen LogP contribution in [0.15, 0.2) is 18.8 Å². The van der Waals surface area contributed by atoms with Crippen molar-refractivity contribution in [1.29, 1.82) is 0 Å². The molecule has 0 unspecified atom stereocenters. The van der Waals surface area contributed by atoms with Gasteiger partial charge in [-0.3, -0.25) is 0 Å². The van der Waals surface area contributed by atoms with Gasteiger partial charge in [0.1, 0.15) is 0 Å². The zero-order chi connectivity index (χ0) is 8.55. The summed E-state index contributed by atoms with van der Waals surface area (Å²) >= 11 is 0. The molecule has 1 nitrogen and oxygen atoms in total. The molecule has 2 rings (SSSR count). The third-order valence-corrected chi connectivity index (χ3v) is 2.61. The van der Waals surface area contributed by atoms with Crippen molar-refractivity contribution < 1.29 is 0 Å². The Bertz CT molecular complexity index is 307. The molecule has 1 aromatic rings. The lowest BCUT2D eigenvalue weighted by Crippen LogP contribution is -2.05. The minimum absolute atomic E-state index is 1.14. The lowest BCUT2D eigenvalue weighted by atomic mass is 9.98. The molecular weight excluding hydrogens is 146 g/mol. The maximum absolute atomic E-state index is 3.97. The summed E-state index contributed by atoms with van der Waals surface area (Å²) in [5, 5.41) is 0. The standard InChI is InChI=1S/C11H15N/c1-9(2)12-8-7-10-5-3-4-6-11(10)12/h7-8H,1,3-6H2,2H3. The fraction of sp³-hybridized carbons (Fsp3) is 0.455. The second-order valence-electron chi connectivity index (χ2n) is 3.60. The number of aryl methyl sites for hydroxylation is 1. The van der Waals surface area contributed by atoms with E-state index in [2.05, 4.69) is 30.3 Å². The minimum Gasteiger partial charge on any atom is -0.325 e. The van der Waals surface area contributed by atoms with Crippen LogP contribution < -0.4 is 0 Å². The Hall–Kier alpha value is -0.980. The summed E-state index contributed by atoms with van der Waals surface area (Å²) in [5.74, 6) is 0. The van der Waals surface area contributed by atoms with Gasteiger partial charge in [0, 0.05) is 17.6 Å². The van der Waals surface area contributed by atoms with Gasteiger partial charge in [0.25, 0.3) is 0 Å². The monoisotopic (exact) mass is 161 g/mol. The summed E-state index contributed by atoms with van der Waals surface area (Å²) in [6, 6.07) is 2.24. The second-order valence-corrected chi connectivity index (χ2v) is 3.60. The lowest BCUT2D eigenvalue weighted by Gasteiger charge is -2.15. The molecule has 1 aromatic heterocycles. The average Bonchev–Trinajstić information content (AvgIpc) is 2.47. The van der Waals surface area contributed by atoms with Crippen LogP contribution in [0.4, 0.5) is 0 Å². The number of fused-ring (bicyclic) bond motifs is 1. The Kier molecular flexibility index (Phi) is 1.80. The van der Waals surface area contributed by atoms with Gasteiger partial charge in [0.05, 0.1) is 0 Å². The third-order valence-electron chi connectivity index (χ3n) is 2.61. The van der Waals surface area contributed by atoms with E-state index in [1.54, 1.807) is 0 Å². The zero-order valence-corrected chi connectivity index (χ0v) is 7.64. The summed E-state index contributed by atoms with van der Waals surface area (Å²) < 4.78 is 2.23. The first-order chi connectivity index (χ1) is 5.79. The molecule has 1 aliphatic carbocycles. The van der Waals surface area contributed by atoms with E-state index in [1.165, 1.54) is 36.9 Å². The van der Waals surface area contributed by atoms with Gasteiger partial charge in [0.2, 0.25) is 0 Å². The summed E-state index contributed by atoms with van der Waals surface area (Å²) in [4.78, 5) is 0. The molecule has 0 amide bonds. The Morgan fingerprint density at radius 1 is 1.42 bits per heavy atom. The van der Waals surface area contributed by atoms with Crippen molar-refractivity contribution in [1.82, 2.24) is 4.57 Å². The van der Waals surface area contributed by atoms with Crippen LogP contribution in [0.25, 0.3) is 5.70 Å². The zero-order valence-electron chi connectivity index (χ0n) is 7.64. The van der Waals surface area contributed by atoms with E-state index in [1.807, 2.05) is 0 Å². The number of aromatic nitrogens is 1. The number of allylic oxidation sites excluding steroid dienone is 1. The maximum atomic E-state index is 3.97. The molecule has 1 aliphatic rings. The van der Waals surface area contributed by atoms with Crippen LogP contribution in [0.3, 0.4) is 0 Å². The highest BCUT2D eigenvalue weighted by atomic mass is 15.0. The molecule has 0 spiro atoms. The van der Waals surface area contributed by atoms with Gasteiger partial charge in [-0.15, -0.1) is 0 Å². The molecule has 0 atom stereocenters. The van der Waals surface area contributed by atoms with Gasteiger partial charge in [-0.25, -0.2) is 0 Å². The molecule has 0 aromatic carbocycles. The number of hydrogen-bond acceptors (Lipinski definition) is 0. The highest BCUT2D eigenvalue weighted by molar-refractivity contribution is 5.44. The van der Waals surface area contributed by atoms with Gasteiger partial charge in [-0.05, 0) is 44.2 Å². The number of hydrogen-bond donors (Lipinski definition) is 0. The predicted octanol–water partition coefficient (Wildman–Crippen LogP) is 2.86. The number of rotatable bonds is 1. The van der Waals surface area contributed by atoms with Crippen molar-refractivity contribution in [3.8, 4) is 0 Å². The fourth-order valence-corrected chi connectivity index (χ4v) is 1.98. The number of nitrogens with zero attached hydrogens (tertiary/aromatic N) is 1. The van der Waals surface area contributed by atoms with Crippen LogP contribution in [-0.2, 0) is 12.8 Å². The van der Waals surface area contributed by atoms with Gasteiger partial charge in [-0.1, -0.05) is 6.58 Å². The summed E-state index contributed by atoms with van der Waals surface area (Å²) in [5.41, 5.74) is 4.16. The molecule has 0 saturated carbocycles. The average molecular weight is 161 g/mol. The van der Waals surface area contributed by atoms with Crippen LogP contribution in [0.2, 0.25) is 0 Å². The molecule has 64 valence electrons. The maximum Gasteiger partial charge on any atom is 0.0255 e. The van der Waals surface area contributed by atoms with Crippen LogP contribution in [0.1, 0.15) is 31.0 Å². The molecule has 0 aliphatic heterocycles. The molecule has 1 heteroatoms. The van der Waals surface area contributed by atoms with Gasteiger partial charge >= 0.3 is 0 Å². The van der Waals surface area contributed by atoms with E-state index in [-0.39, 0.29) is 0 Å². The Labute approximate surface area is 73.7 Å². The molecule has 0 radical (unpaired) electrons. The van der Waals surface area contributed by atoms with Crippen molar-refractivity contribution in [3.05, 3.63) is 30.1 Å². The Morgan fingerprint density at radius 2 is 2.17 bits per heavy atom. The first kappa shape index (κ1) is 7.66. The van der Waals surface area contributed by atoms with Crippen LogP contribution in [-0.4, -0.2) is 4.57 Å². The van der Waals surface area contributed by atoms with Crippen molar-refractivity contribution in [2.24, 2.45) is 0 Å². The third kappa shape index (κ3) is 1.09. The van der Waals surface area contributed by atoms with Gasteiger partial charge < -0.3 is 4.57 Å². The molecule has 0 saturated heterocycles. The van der Waals surface area contributed by atoms with Gasteiger partial charge in [0.15, 0.2) is 0 Å². The van der Waals surface area contributed by atoms with Crippen molar-refractivity contribution in [3.63, 3.8) is 0 Å². The summed E-state index contributed by atoms with van der Waals surface area (Å²) in [6.07, 6.45) is 7.33. The van der Waals surface area contributed by atoms with Gasteiger partial charge in [-0.2, -0.15) is 0 Å². The van der Waals surface area contributed by atoms with Crippen molar-refractivity contribution >= 4 is 5.70 Å². The Morgan fingerprint density at radius 3 is 2.92 bits per heavy atom. The normalized spacial score (nSPS) is 15.8. The Balaban J connectivity index is 2.44. The molecule has 12 heavy (non-hydrogen) atoms. The molecule has 0 N–H and O–H groups in total. The van der Waals surface area contributed by atoms with Crippen LogP contribution in [0.5, 0.6) is 0 Å². The first-order valence-electron chi connectivity index (χ1n) is 4.64. The highest BCUT2D eigenvalue weighted by Gasteiger charge is 2.12. The summed E-state index contributed by atoms with van der Waals surface area (Å²) in [7, 11) is 0. The molecule has 0 bridgehead atoms. The van der Waals surface area contributed by atoms with E-state index in [4.69, 9.17) is 0 Å². The second kappa shape index (κ2) is 2.81. The van der Waals surface area contributed by atoms with E-state index in [9.17, 15) is 0 Å². The topological polar surface area (TPSA) is 4.93 Å². The SMILES string of the molecule is C=C(C)n1ccc2c1CCCC2. The van der Waals surface area contributed by atoms with E-state index in [0.717, 1.165) is 5.70 Å². The van der Waals surface area contributed by atoms with Crippen LogP contribution in [0, 0.1) is 0 Å². The summed E-state index contributed by atoms with van der Waals surface area (Å²) in [6.45, 7) is 6.03. The quantitative estimate of drug-likeness (QED) is 0.597. The predicted molar refractivity (Wildman–Crippen MR) is 52.1 cm³/mol. The van der Waals surface area contributed by atoms with E-state index < -0.39 is 0 Å². The van der Waals surface area contributed by atoms with Crippen molar-refractivity contribution in [2.45, 2.75) is 32.6 Å². The van der Waals surface area contributed by atoms with E-state index in [0.29, 0.717) is 0 Å². The molecule has 1 heterocycles. The fourth-order valence-electron chi connectivity index (χ4n) is 1.98. The highest BCUT2D eigenvalue weighted by Crippen LogP contribution is 2.23. The van der Waals surface area contributed by atoms with Crippen LogP contribution >= 0.6 is 0 Å².